The lowest BCUT2D eigenvalue weighted by atomic mass is 9.78. The van der Waals surface area contributed by atoms with Crippen LogP contribution in [0.2, 0.25) is 0 Å². The molecule has 0 unspecified atom stereocenters. The van der Waals surface area contributed by atoms with Gasteiger partial charge in [-0.1, -0.05) is 92.7 Å². The third-order valence-corrected chi connectivity index (χ3v) is 7.42. The molecular formula is C28H22F3NO3S. The predicted octanol–water partition coefficient (Wildman–Crippen LogP) is 7.54. The van der Waals surface area contributed by atoms with E-state index in [1.54, 1.807) is 18.2 Å². The summed E-state index contributed by atoms with van der Waals surface area (Å²) in [5.41, 5.74) is -2.86. The molecule has 0 bridgehead atoms. The summed E-state index contributed by atoms with van der Waals surface area (Å²) in [6.45, 7) is 4.02. The van der Waals surface area contributed by atoms with Gasteiger partial charge in [0.05, 0.1) is 0 Å². The lowest BCUT2D eigenvalue weighted by Gasteiger charge is -2.27. The fourth-order valence-corrected chi connectivity index (χ4v) is 5.08. The SMILES string of the molecule is CC(C)(c1ccccc1)c1[nH]c2ccccc2c1-c1c(OS(=O)(=O)C(F)(F)F)ccc2ccccc12. The summed E-state index contributed by atoms with van der Waals surface area (Å²) in [6, 6.07) is 27.1. The van der Waals surface area contributed by atoms with Crippen molar-refractivity contribution in [1.29, 1.82) is 0 Å². The van der Waals surface area contributed by atoms with Crippen molar-refractivity contribution in [2.45, 2.75) is 24.8 Å². The first-order valence-electron chi connectivity index (χ1n) is 11.2. The van der Waals surface area contributed by atoms with Gasteiger partial charge in [0, 0.05) is 33.1 Å². The van der Waals surface area contributed by atoms with E-state index >= 15 is 0 Å². The van der Waals surface area contributed by atoms with Gasteiger partial charge in [-0.15, -0.1) is 0 Å². The highest BCUT2D eigenvalue weighted by Gasteiger charge is 2.49. The molecule has 0 radical (unpaired) electrons. The van der Waals surface area contributed by atoms with Gasteiger partial charge in [0.25, 0.3) is 0 Å². The van der Waals surface area contributed by atoms with Crippen LogP contribution in [0.4, 0.5) is 13.2 Å². The maximum absolute atomic E-state index is 13.3. The number of rotatable bonds is 5. The van der Waals surface area contributed by atoms with Crippen LogP contribution in [0.1, 0.15) is 25.1 Å². The first-order valence-corrected chi connectivity index (χ1v) is 12.6. The maximum atomic E-state index is 13.3. The number of H-pyrrole nitrogens is 1. The van der Waals surface area contributed by atoms with Crippen molar-refractivity contribution >= 4 is 31.8 Å². The summed E-state index contributed by atoms with van der Waals surface area (Å²) < 4.78 is 69.0. The minimum Gasteiger partial charge on any atom is -0.375 e. The molecule has 1 N–H and O–H groups in total. The van der Waals surface area contributed by atoms with E-state index in [0.717, 1.165) is 27.5 Å². The Balaban J connectivity index is 1.89. The number of aromatic nitrogens is 1. The zero-order valence-electron chi connectivity index (χ0n) is 19.4. The van der Waals surface area contributed by atoms with Crippen LogP contribution < -0.4 is 4.18 Å². The molecule has 0 fully saturated rings. The summed E-state index contributed by atoms with van der Waals surface area (Å²) in [4.78, 5) is 3.46. The monoisotopic (exact) mass is 509 g/mol. The smallest absolute Gasteiger partial charge is 0.375 e. The highest BCUT2D eigenvalue weighted by atomic mass is 32.2. The Morgan fingerprint density at radius 3 is 2.03 bits per heavy atom. The minimum absolute atomic E-state index is 0.275. The topological polar surface area (TPSA) is 59.2 Å². The number of para-hydroxylation sites is 1. The molecule has 1 heterocycles. The molecule has 0 spiro atoms. The van der Waals surface area contributed by atoms with Gasteiger partial charge in [0.15, 0.2) is 5.75 Å². The van der Waals surface area contributed by atoms with Crippen molar-refractivity contribution in [2.24, 2.45) is 0 Å². The number of fused-ring (bicyclic) bond motifs is 2. The van der Waals surface area contributed by atoms with Gasteiger partial charge in [-0.2, -0.15) is 21.6 Å². The molecule has 184 valence electrons. The molecule has 0 amide bonds. The number of aromatic amines is 1. The van der Waals surface area contributed by atoms with Crippen molar-refractivity contribution in [3.63, 3.8) is 0 Å². The zero-order chi connectivity index (χ0) is 25.7. The lowest BCUT2D eigenvalue weighted by molar-refractivity contribution is -0.0499. The average Bonchev–Trinajstić information content (AvgIpc) is 3.24. The Bertz CT molecular complexity index is 1690. The van der Waals surface area contributed by atoms with Crippen LogP contribution in [0.15, 0.2) is 91.0 Å². The third kappa shape index (κ3) is 3.91. The van der Waals surface area contributed by atoms with Crippen molar-refractivity contribution in [3.05, 3.63) is 102 Å². The summed E-state index contributed by atoms with van der Waals surface area (Å²) in [5.74, 6) is -0.388. The van der Waals surface area contributed by atoms with Crippen molar-refractivity contribution < 1.29 is 25.8 Å². The molecule has 0 aliphatic carbocycles. The quantitative estimate of drug-likeness (QED) is 0.197. The fourth-order valence-electron chi connectivity index (χ4n) is 4.61. The number of nitrogens with one attached hydrogen (secondary N) is 1. The van der Waals surface area contributed by atoms with Crippen molar-refractivity contribution in [1.82, 2.24) is 4.98 Å². The normalized spacial score (nSPS) is 12.8. The van der Waals surface area contributed by atoms with E-state index in [1.165, 1.54) is 6.07 Å². The van der Waals surface area contributed by atoms with Crippen LogP contribution in [0, 0.1) is 0 Å². The molecule has 1 aromatic heterocycles. The predicted molar refractivity (Wildman–Crippen MR) is 135 cm³/mol. The largest absolute Gasteiger partial charge is 0.534 e. The molecule has 36 heavy (non-hydrogen) atoms. The molecule has 0 saturated carbocycles. The van der Waals surface area contributed by atoms with Crippen LogP contribution in [0.5, 0.6) is 5.75 Å². The van der Waals surface area contributed by atoms with E-state index < -0.39 is 21.0 Å². The van der Waals surface area contributed by atoms with Gasteiger partial charge < -0.3 is 9.17 Å². The Hall–Kier alpha value is -3.78. The van der Waals surface area contributed by atoms with Crippen molar-refractivity contribution in [2.75, 3.05) is 0 Å². The van der Waals surface area contributed by atoms with Crippen molar-refractivity contribution in [3.8, 4) is 16.9 Å². The van der Waals surface area contributed by atoms with Crippen LogP contribution in [-0.4, -0.2) is 18.9 Å². The van der Waals surface area contributed by atoms with Crippen LogP contribution in [0.25, 0.3) is 32.8 Å². The molecule has 0 atom stereocenters. The highest BCUT2D eigenvalue weighted by Crippen LogP contribution is 2.48. The number of halogens is 3. The number of hydrogen-bond donors (Lipinski definition) is 1. The van der Waals surface area contributed by atoms with E-state index in [-0.39, 0.29) is 11.3 Å². The van der Waals surface area contributed by atoms with Crippen LogP contribution in [0.3, 0.4) is 0 Å². The van der Waals surface area contributed by atoms with Gasteiger partial charge in [-0.25, -0.2) is 0 Å². The second kappa shape index (κ2) is 8.41. The van der Waals surface area contributed by atoms with Gasteiger partial charge in [0.2, 0.25) is 0 Å². The summed E-state index contributed by atoms with van der Waals surface area (Å²) >= 11 is 0. The summed E-state index contributed by atoms with van der Waals surface area (Å²) in [5, 5.41) is 2.04. The number of hydrogen-bond acceptors (Lipinski definition) is 3. The molecule has 0 aliphatic rings. The first-order chi connectivity index (χ1) is 17.0. The summed E-state index contributed by atoms with van der Waals surface area (Å²) in [6.07, 6.45) is 0. The Morgan fingerprint density at radius 2 is 1.33 bits per heavy atom. The number of benzene rings is 4. The second-order valence-electron chi connectivity index (χ2n) is 9.05. The molecular weight excluding hydrogens is 487 g/mol. The molecule has 5 aromatic rings. The van der Waals surface area contributed by atoms with Crippen LogP contribution >= 0.6 is 0 Å². The molecule has 4 nitrogen and oxygen atoms in total. The van der Waals surface area contributed by atoms with Gasteiger partial charge in [-0.05, 0) is 28.5 Å². The molecule has 0 aliphatic heterocycles. The standard InChI is InChI=1S/C28H22F3NO3S/c1-27(2,19-11-4-3-5-12-19)26-25(21-14-8-9-15-22(21)32-26)24-20-13-7-6-10-18(20)16-17-23(24)35-36(33,34)28(29,30)31/h3-17,32H,1-2H3. The molecule has 4 aromatic carbocycles. The average molecular weight is 510 g/mol. The maximum Gasteiger partial charge on any atom is 0.534 e. The van der Waals surface area contributed by atoms with E-state index in [4.69, 9.17) is 4.18 Å². The first kappa shape index (κ1) is 23.9. The number of alkyl halides is 3. The van der Waals surface area contributed by atoms with Crippen LogP contribution in [-0.2, 0) is 15.5 Å². The third-order valence-electron chi connectivity index (χ3n) is 6.45. The summed E-state index contributed by atoms with van der Waals surface area (Å²) in [7, 11) is -5.90. The molecule has 8 heteroatoms. The van der Waals surface area contributed by atoms with E-state index in [1.807, 2.05) is 80.6 Å². The van der Waals surface area contributed by atoms with Gasteiger partial charge in [-0.3, -0.25) is 0 Å². The van der Waals surface area contributed by atoms with E-state index in [2.05, 4.69) is 4.98 Å². The minimum atomic E-state index is -5.90. The fraction of sp³-hybridized carbons (Fsp3) is 0.143. The van der Waals surface area contributed by atoms with E-state index in [9.17, 15) is 21.6 Å². The zero-order valence-corrected chi connectivity index (χ0v) is 20.2. The lowest BCUT2D eigenvalue weighted by Crippen LogP contribution is -2.28. The van der Waals surface area contributed by atoms with Gasteiger partial charge >= 0.3 is 15.6 Å². The Labute approximate surface area is 206 Å². The van der Waals surface area contributed by atoms with Gasteiger partial charge in [0.1, 0.15) is 0 Å². The molecule has 5 rings (SSSR count). The second-order valence-corrected chi connectivity index (χ2v) is 10.6. The Morgan fingerprint density at radius 1 is 0.722 bits per heavy atom. The Kier molecular flexibility index (Phi) is 5.59. The van der Waals surface area contributed by atoms with E-state index in [0.29, 0.717) is 10.9 Å². The highest BCUT2D eigenvalue weighted by molar-refractivity contribution is 7.88. The molecule has 0 saturated heterocycles.